The highest BCUT2D eigenvalue weighted by Gasteiger charge is 2.35. The number of likely N-dealkylation sites (tertiary alicyclic amines) is 1. The van der Waals surface area contributed by atoms with Crippen LogP contribution in [0.15, 0.2) is 48.7 Å². The molecule has 0 radical (unpaired) electrons. The standard InChI is InChI=1S/C21H18F4N2O/c22-18-6-5-14(11-17(18)21(23,24)25)20(28)27-9-7-13(8-10-27)16-12-26-19-4-2-1-3-15(16)19/h1-6,11-13,26H,7-10H2. The zero-order chi connectivity index (χ0) is 19.9. The van der Waals surface area contributed by atoms with Crippen LogP contribution in [0.4, 0.5) is 17.6 Å². The van der Waals surface area contributed by atoms with Crippen LogP contribution in [0.25, 0.3) is 10.9 Å². The zero-order valence-electron chi connectivity index (χ0n) is 14.9. The number of H-pyrrole nitrogens is 1. The van der Waals surface area contributed by atoms with Crippen LogP contribution in [0, 0.1) is 5.82 Å². The maximum Gasteiger partial charge on any atom is 0.419 e. The fourth-order valence-corrected chi connectivity index (χ4v) is 3.88. The number of halogens is 4. The molecule has 1 saturated heterocycles. The molecule has 0 spiro atoms. The number of carbonyl (C=O) groups is 1. The predicted molar refractivity (Wildman–Crippen MR) is 97.6 cm³/mol. The summed E-state index contributed by atoms with van der Waals surface area (Å²) < 4.78 is 52.2. The van der Waals surface area contributed by atoms with Crippen molar-refractivity contribution in [2.24, 2.45) is 0 Å². The van der Waals surface area contributed by atoms with Gasteiger partial charge < -0.3 is 9.88 Å². The van der Waals surface area contributed by atoms with Crippen molar-refractivity contribution in [2.45, 2.75) is 24.9 Å². The van der Waals surface area contributed by atoms with Crippen molar-refractivity contribution in [1.29, 1.82) is 0 Å². The molecule has 0 unspecified atom stereocenters. The van der Waals surface area contributed by atoms with Gasteiger partial charge in [-0.05, 0) is 48.6 Å². The third kappa shape index (κ3) is 3.37. The molecule has 1 aliphatic rings. The van der Waals surface area contributed by atoms with Gasteiger partial charge >= 0.3 is 6.18 Å². The van der Waals surface area contributed by atoms with E-state index in [0.29, 0.717) is 25.2 Å². The number of hydrogen-bond donors (Lipinski definition) is 1. The molecule has 1 aromatic heterocycles. The molecule has 3 aromatic rings. The molecule has 4 rings (SSSR count). The molecule has 0 saturated carbocycles. The Morgan fingerprint density at radius 1 is 1.07 bits per heavy atom. The highest BCUT2D eigenvalue weighted by Crippen LogP contribution is 2.35. The van der Waals surface area contributed by atoms with Gasteiger partial charge in [0.25, 0.3) is 5.91 Å². The van der Waals surface area contributed by atoms with Crippen LogP contribution in [-0.4, -0.2) is 28.9 Å². The van der Waals surface area contributed by atoms with Gasteiger partial charge in [0.15, 0.2) is 0 Å². The van der Waals surface area contributed by atoms with Crippen LogP contribution < -0.4 is 0 Å². The summed E-state index contributed by atoms with van der Waals surface area (Å²) >= 11 is 0. The zero-order valence-corrected chi connectivity index (χ0v) is 14.9. The molecule has 0 bridgehead atoms. The molecule has 2 aromatic carbocycles. The molecule has 7 heteroatoms. The lowest BCUT2D eigenvalue weighted by molar-refractivity contribution is -0.140. The third-order valence-electron chi connectivity index (χ3n) is 5.36. The molecular formula is C21H18F4N2O. The minimum Gasteiger partial charge on any atom is -0.361 e. The fraction of sp³-hybridized carbons (Fsp3) is 0.286. The van der Waals surface area contributed by atoms with Gasteiger partial charge in [0.05, 0.1) is 5.56 Å². The lowest BCUT2D eigenvalue weighted by Crippen LogP contribution is -2.38. The Morgan fingerprint density at radius 3 is 2.50 bits per heavy atom. The van der Waals surface area contributed by atoms with Gasteiger partial charge in [-0.3, -0.25) is 4.79 Å². The number of aromatic nitrogens is 1. The van der Waals surface area contributed by atoms with Crippen molar-refractivity contribution in [3.05, 3.63) is 71.2 Å². The van der Waals surface area contributed by atoms with E-state index >= 15 is 0 Å². The summed E-state index contributed by atoms with van der Waals surface area (Å²) in [5.74, 6) is -1.59. The fourth-order valence-electron chi connectivity index (χ4n) is 3.88. The highest BCUT2D eigenvalue weighted by atomic mass is 19.4. The second-order valence-electron chi connectivity index (χ2n) is 7.05. The van der Waals surface area contributed by atoms with Gasteiger partial charge in [-0.2, -0.15) is 13.2 Å². The van der Waals surface area contributed by atoms with Crippen LogP contribution in [0.1, 0.15) is 40.2 Å². The minimum absolute atomic E-state index is 0.140. The van der Waals surface area contributed by atoms with E-state index in [-0.39, 0.29) is 11.5 Å². The Morgan fingerprint density at radius 2 is 1.79 bits per heavy atom. The number of rotatable bonds is 2. The van der Waals surface area contributed by atoms with E-state index in [4.69, 9.17) is 0 Å². The van der Waals surface area contributed by atoms with Gasteiger partial charge in [0.1, 0.15) is 5.82 Å². The van der Waals surface area contributed by atoms with E-state index in [1.165, 1.54) is 5.56 Å². The number of carbonyl (C=O) groups excluding carboxylic acids is 1. The van der Waals surface area contributed by atoms with E-state index in [2.05, 4.69) is 11.1 Å². The van der Waals surface area contributed by atoms with Crippen molar-refractivity contribution in [3.63, 3.8) is 0 Å². The topological polar surface area (TPSA) is 36.1 Å². The Balaban J connectivity index is 1.49. The second-order valence-corrected chi connectivity index (χ2v) is 7.05. The molecule has 1 N–H and O–H groups in total. The maximum atomic E-state index is 13.5. The number of hydrogen-bond acceptors (Lipinski definition) is 1. The van der Waals surface area contributed by atoms with E-state index < -0.39 is 23.5 Å². The number of benzene rings is 2. The molecule has 28 heavy (non-hydrogen) atoms. The summed E-state index contributed by atoms with van der Waals surface area (Å²) in [4.78, 5) is 17.4. The number of nitrogens with zero attached hydrogens (tertiary/aromatic N) is 1. The Hall–Kier alpha value is -2.83. The molecule has 1 amide bonds. The smallest absolute Gasteiger partial charge is 0.361 e. The van der Waals surface area contributed by atoms with Crippen molar-refractivity contribution >= 4 is 16.8 Å². The average molecular weight is 390 g/mol. The Labute approximate surface area is 159 Å². The number of piperidine rings is 1. The molecule has 1 fully saturated rings. The van der Waals surface area contributed by atoms with E-state index in [9.17, 15) is 22.4 Å². The number of para-hydroxylation sites is 1. The van der Waals surface area contributed by atoms with Gasteiger partial charge in [0, 0.05) is 35.8 Å². The van der Waals surface area contributed by atoms with Crippen LogP contribution in [-0.2, 0) is 6.18 Å². The molecule has 146 valence electrons. The molecule has 0 aliphatic carbocycles. The first-order valence-corrected chi connectivity index (χ1v) is 9.06. The minimum atomic E-state index is -4.83. The van der Waals surface area contributed by atoms with Crippen molar-refractivity contribution < 1.29 is 22.4 Å². The first-order valence-electron chi connectivity index (χ1n) is 9.06. The molecule has 0 atom stereocenters. The van der Waals surface area contributed by atoms with Crippen molar-refractivity contribution in [1.82, 2.24) is 9.88 Å². The van der Waals surface area contributed by atoms with Gasteiger partial charge in [-0.1, -0.05) is 18.2 Å². The normalized spacial score (nSPS) is 15.9. The summed E-state index contributed by atoms with van der Waals surface area (Å²) in [5, 5.41) is 1.15. The Kier molecular flexibility index (Phi) is 4.61. The first-order chi connectivity index (χ1) is 13.3. The predicted octanol–water partition coefficient (Wildman–Crippen LogP) is 5.35. The molecule has 3 nitrogen and oxygen atoms in total. The molecular weight excluding hydrogens is 372 g/mol. The van der Waals surface area contributed by atoms with Crippen LogP contribution in [0.3, 0.4) is 0 Å². The lowest BCUT2D eigenvalue weighted by atomic mass is 9.89. The monoisotopic (exact) mass is 390 g/mol. The van der Waals surface area contributed by atoms with Gasteiger partial charge in [-0.15, -0.1) is 0 Å². The lowest BCUT2D eigenvalue weighted by Gasteiger charge is -2.32. The summed E-state index contributed by atoms with van der Waals surface area (Å²) in [6.07, 6.45) is -1.40. The van der Waals surface area contributed by atoms with E-state index in [1.807, 2.05) is 24.4 Å². The number of nitrogens with one attached hydrogen (secondary N) is 1. The number of fused-ring (bicyclic) bond motifs is 1. The van der Waals surface area contributed by atoms with Crippen molar-refractivity contribution in [2.75, 3.05) is 13.1 Å². The number of amides is 1. The summed E-state index contributed by atoms with van der Waals surface area (Å²) in [6, 6.07) is 10.4. The Bertz CT molecular complexity index is 1020. The SMILES string of the molecule is O=C(c1ccc(F)c(C(F)(F)F)c1)N1CCC(c2c[nH]c3ccccc23)CC1. The summed E-state index contributed by atoms with van der Waals surface area (Å²) in [7, 11) is 0. The molecule has 2 heterocycles. The van der Waals surface area contributed by atoms with Gasteiger partial charge in [-0.25, -0.2) is 4.39 Å². The quantitative estimate of drug-likeness (QED) is 0.589. The first kappa shape index (κ1) is 18.5. The van der Waals surface area contributed by atoms with Gasteiger partial charge in [0.2, 0.25) is 0 Å². The summed E-state index contributed by atoms with van der Waals surface area (Å²) in [6.45, 7) is 0.892. The second kappa shape index (κ2) is 6.96. The number of alkyl halides is 3. The highest BCUT2D eigenvalue weighted by molar-refractivity contribution is 5.94. The van der Waals surface area contributed by atoms with E-state index in [0.717, 1.165) is 29.8 Å². The average Bonchev–Trinajstić information content (AvgIpc) is 3.11. The van der Waals surface area contributed by atoms with Crippen LogP contribution in [0.2, 0.25) is 0 Å². The van der Waals surface area contributed by atoms with Crippen molar-refractivity contribution in [3.8, 4) is 0 Å². The van der Waals surface area contributed by atoms with Crippen LogP contribution in [0.5, 0.6) is 0 Å². The largest absolute Gasteiger partial charge is 0.419 e. The molecule has 1 aliphatic heterocycles. The third-order valence-corrected chi connectivity index (χ3v) is 5.36. The van der Waals surface area contributed by atoms with Crippen LogP contribution >= 0.6 is 0 Å². The summed E-state index contributed by atoms with van der Waals surface area (Å²) in [5.41, 5.74) is 0.706. The number of aromatic amines is 1. The van der Waals surface area contributed by atoms with E-state index in [1.54, 1.807) is 4.90 Å². The maximum absolute atomic E-state index is 13.5.